The number of carbonyl (C=O) groups excluding carboxylic acids is 2. The van der Waals surface area contributed by atoms with E-state index < -0.39 is 0 Å². The Morgan fingerprint density at radius 3 is 2.35 bits per heavy atom. The molecule has 3 rings (SSSR count). The Balaban J connectivity index is 1.68. The first-order valence-electron chi connectivity index (χ1n) is 9.81. The minimum Gasteiger partial charge on any atom is -0.497 e. The average molecular weight is 416 g/mol. The van der Waals surface area contributed by atoms with Crippen LogP contribution in [0.5, 0.6) is 5.75 Å². The molecule has 0 aliphatic carbocycles. The molecule has 0 fully saturated rings. The molecule has 7 heteroatoms. The highest BCUT2D eigenvalue weighted by Gasteiger charge is 2.14. The van der Waals surface area contributed by atoms with Crippen molar-refractivity contribution in [1.82, 2.24) is 15.6 Å². The average Bonchev–Trinajstić information content (AvgIpc) is 2.83. The number of benzene rings is 2. The SMILES string of the molecule is COc1ccc(/C=C(\NC(=O)c2ccccc2)C(=O)NCCNc2ccccn2)cc1. The molecule has 31 heavy (non-hydrogen) atoms. The fourth-order valence-electron chi connectivity index (χ4n) is 2.74. The number of nitrogens with zero attached hydrogens (tertiary/aromatic N) is 1. The first kappa shape index (κ1) is 21.6. The smallest absolute Gasteiger partial charge is 0.267 e. The summed E-state index contributed by atoms with van der Waals surface area (Å²) < 4.78 is 5.16. The number of pyridine rings is 1. The molecule has 1 heterocycles. The molecular formula is C24H24N4O3. The molecule has 1 aromatic heterocycles. The van der Waals surface area contributed by atoms with E-state index in [0.717, 1.165) is 11.4 Å². The maximum absolute atomic E-state index is 12.8. The van der Waals surface area contributed by atoms with Crippen molar-refractivity contribution < 1.29 is 14.3 Å². The van der Waals surface area contributed by atoms with Gasteiger partial charge in [-0.2, -0.15) is 0 Å². The zero-order valence-electron chi connectivity index (χ0n) is 17.2. The van der Waals surface area contributed by atoms with Crippen molar-refractivity contribution in [3.05, 3.63) is 95.8 Å². The monoisotopic (exact) mass is 416 g/mol. The number of hydrogen-bond acceptors (Lipinski definition) is 5. The van der Waals surface area contributed by atoms with Gasteiger partial charge in [0.05, 0.1) is 7.11 Å². The number of carbonyl (C=O) groups is 2. The summed E-state index contributed by atoms with van der Waals surface area (Å²) in [6.07, 6.45) is 3.32. The third-order valence-electron chi connectivity index (χ3n) is 4.34. The third-order valence-corrected chi connectivity index (χ3v) is 4.34. The molecule has 0 aliphatic heterocycles. The lowest BCUT2D eigenvalue weighted by atomic mass is 10.1. The fourth-order valence-corrected chi connectivity index (χ4v) is 2.74. The van der Waals surface area contributed by atoms with Crippen LogP contribution in [0.15, 0.2) is 84.7 Å². The highest BCUT2D eigenvalue weighted by Crippen LogP contribution is 2.14. The number of methoxy groups -OCH3 is 1. The maximum Gasteiger partial charge on any atom is 0.267 e. The van der Waals surface area contributed by atoms with Gasteiger partial charge in [0, 0.05) is 24.8 Å². The Labute approximate surface area is 181 Å². The molecule has 0 spiro atoms. The topological polar surface area (TPSA) is 92.3 Å². The van der Waals surface area contributed by atoms with E-state index in [9.17, 15) is 9.59 Å². The molecule has 0 bridgehead atoms. The van der Waals surface area contributed by atoms with E-state index in [-0.39, 0.29) is 17.5 Å². The van der Waals surface area contributed by atoms with Gasteiger partial charge in [0.15, 0.2) is 0 Å². The number of rotatable bonds is 9. The molecule has 0 atom stereocenters. The van der Waals surface area contributed by atoms with Gasteiger partial charge in [-0.25, -0.2) is 4.98 Å². The van der Waals surface area contributed by atoms with Gasteiger partial charge in [-0.1, -0.05) is 36.4 Å². The van der Waals surface area contributed by atoms with Crippen molar-refractivity contribution in [2.75, 3.05) is 25.5 Å². The van der Waals surface area contributed by atoms with Crippen molar-refractivity contribution in [2.45, 2.75) is 0 Å². The van der Waals surface area contributed by atoms with Gasteiger partial charge in [-0.3, -0.25) is 9.59 Å². The van der Waals surface area contributed by atoms with E-state index in [1.54, 1.807) is 55.8 Å². The van der Waals surface area contributed by atoms with Crippen molar-refractivity contribution in [3.63, 3.8) is 0 Å². The first-order chi connectivity index (χ1) is 15.2. The van der Waals surface area contributed by atoms with Crippen molar-refractivity contribution in [1.29, 1.82) is 0 Å². The molecular weight excluding hydrogens is 392 g/mol. The lowest BCUT2D eigenvalue weighted by molar-refractivity contribution is -0.117. The Morgan fingerprint density at radius 1 is 0.935 bits per heavy atom. The fraction of sp³-hybridized carbons (Fsp3) is 0.125. The van der Waals surface area contributed by atoms with Gasteiger partial charge >= 0.3 is 0 Å². The van der Waals surface area contributed by atoms with Crippen LogP contribution < -0.4 is 20.7 Å². The molecule has 3 N–H and O–H groups in total. The third kappa shape index (κ3) is 6.71. The predicted molar refractivity (Wildman–Crippen MR) is 121 cm³/mol. The molecule has 158 valence electrons. The summed E-state index contributed by atoms with van der Waals surface area (Å²) in [5, 5.41) is 8.65. The van der Waals surface area contributed by atoms with Crippen LogP contribution in [-0.4, -0.2) is 37.0 Å². The highest BCUT2D eigenvalue weighted by atomic mass is 16.5. The van der Waals surface area contributed by atoms with Gasteiger partial charge in [-0.05, 0) is 48.0 Å². The maximum atomic E-state index is 12.8. The summed E-state index contributed by atoms with van der Waals surface area (Å²) in [4.78, 5) is 29.6. The second-order valence-corrected chi connectivity index (χ2v) is 6.55. The van der Waals surface area contributed by atoms with Gasteiger partial charge in [-0.15, -0.1) is 0 Å². The van der Waals surface area contributed by atoms with E-state index in [0.29, 0.717) is 24.4 Å². The summed E-state index contributed by atoms with van der Waals surface area (Å²) in [5.41, 5.74) is 1.37. The highest BCUT2D eigenvalue weighted by molar-refractivity contribution is 6.05. The molecule has 7 nitrogen and oxygen atoms in total. The number of aromatic nitrogens is 1. The lowest BCUT2D eigenvalue weighted by Crippen LogP contribution is -2.36. The molecule has 0 radical (unpaired) electrons. The minimum absolute atomic E-state index is 0.150. The second-order valence-electron chi connectivity index (χ2n) is 6.55. The summed E-state index contributed by atoms with van der Waals surface area (Å²) in [6.45, 7) is 0.849. The summed E-state index contributed by atoms with van der Waals surface area (Å²) in [5.74, 6) is 0.685. The normalized spacial score (nSPS) is 10.8. The summed E-state index contributed by atoms with van der Waals surface area (Å²) in [6, 6.07) is 21.5. The van der Waals surface area contributed by atoms with Crippen molar-refractivity contribution >= 4 is 23.7 Å². The van der Waals surface area contributed by atoms with E-state index in [4.69, 9.17) is 4.74 Å². The van der Waals surface area contributed by atoms with Crippen LogP contribution in [0.25, 0.3) is 6.08 Å². The Kier molecular flexibility index (Phi) is 7.77. The van der Waals surface area contributed by atoms with E-state index in [1.165, 1.54) is 0 Å². The Morgan fingerprint density at radius 2 is 1.68 bits per heavy atom. The van der Waals surface area contributed by atoms with E-state index in [1.807, 2.05) is 36.4 Å². The number of ether oxygens (including phenoxy) is 1. The minimum atomic E-state index is -0.386. The van der Waals surface area contributed by atoms with Gasteiger partial charge < -0.3 is 20.7 Å². The molecule has 0 saturated carbocycles. The van der Waals surface area contributed by atoms with Crippen LogP contribution >= 0.6 is 0 Å². The standard InChI is InChI=1S/C24H24N4O3/c1-31-20-12-10-18(11-13-20)17-21(28-23(29)19-7-3-2-4-8-19)24(30)27-16-15-26-22-9-5-6-14-25-22/h2-14,17H,15-16H2,1H3,(H,25,26)(H,27,30)(H,28,29)/b21-17-. The van der Waals surface area contributed by atoms with Crippen LogP contribution in [0.2, 0.25) is 0 Å². The first-order valence-corrected chi connectivity index (χ1v) is 9.81. The number of hydrogen-bond donors (Lipinski definition) is 3. The largest absolute Gasteiger partial charge is 0.497 e. The van der Waals surface area contributed by atoms with Gasteiger partial charge in [0.1, 0.15) is 17.3 Å². The number of amides is 2. The van der Waals surface area contributed by atoms with Crippen LogP contribution in [0.4, 0.5) is 5.82 Å². The molecule has 2 aromatic carbocycles. The van der Waals surface area contributed by atoms with Crippen LogP contribution in [0.3, 0.4) is 0 Å². The Bertz CT molecular complexity index is 1020. The summed E-state index contributed by atoms with van der Waals surface area (Å²) in [7, 11) is 1.59. The van der Waals surface area contributed by atoms with E-state index >= 15 is 0 Å². The second kappa shape index (κ2) is 11.2. The van der Waals surface area contributed by atoms with Gasteiger partial charge in [0.2, 0.25) is 0 Å². The van der Waals surface area contributed by atoms with E-state index in [2.05, 4.69) is 20.9 Å². The summed E-state index contributed by atoms with van der Waals surface area (Å²) >= 11 is 0. The van der Waals surface area contributed by atoms with Crippen LogP contribution in [-0.2, 0) is 4.79 Å². The zero-order valence-corrected chi connectivity index (χ0v) is 17.2. The predicted octanol–water partition coefficient (Wildman–Crippen LogP) is 3.09. The van der Waals surface area contributed by atoms with Crippen LogP contribution in [0, 0.1) is 0 Å². The number of nitrogens with one attached hydrogen (secondary N) is 3. The van der Waals surface area contributed by atoms with Crippen molar-refractivity contribution in [2.24, 2.45) is 0 Å². The lowest BCUT2D eigenvalue weighted by Gasteiger charge is -2.12. The van der Waals surface area contributed by atoms with Gasteiger partial charge in [0.25, 0.3) is 11.8 Å². The molecule has 0 aliphatic rings. The molecule has 2 amide bonds. The number of anilines is 1. The zero-order chi connectivity index (χ0) is 21.9. The van der Waals surface area contributed by atoms with Crippen molar-refractivity contribution in [3.8, 4) is 5.75 Å². The van der Waals surface area contributed by atoms with Crippen LogP contribution in [0.1, 0.15) is 15.9 Å². The molecule has 0 unspecified atom stereocenters. The quantitative estimate of drug-likeness (QED) is 0.368. The Hall–Kier alpha value is -4.13. The molecule has 0 saturated heterocycles. The molecule has 3 aromatic rings.